The van der Waals surface area contributed by atoms with Gasteiger partial charge in [-0.2, -0.15) is 20.2 Å². The van der Waals surface area contributed by atoms with Crippen LogP contribution < -0.4 is 10.6 Å². The Morgan fingerprint density at radius 1 is 1.00 bits per heavy atom. The van der Waals surface area contributed by atoms with Crippen LogP contribution >= 0.6 is 11.8 Å². The fraction of sp³-hybridized carbons (Fsp3) is 0.762. The number of hydrogen-bond donors (Lipinski definition) is 3. The highest BCUT2D eigenvalue weighted by Gasteiger charge is 2.48. The standard InChI is InChI=1S/C21H31N3O9S2/c25-13(8-5-6-9-15-19-14(12-34-15)22-21(29)23-19)7-3-1-2-4-10-18(27)33-24-17(26)11-16(20(24)28)35(30,31)32/h14-16,19H,1-12H2,(H2,22,23,29)(H,30,31,32). The van der Waals surface area contributed by atoms with Gasteiger partial charge in [-0.1, -0.05) is 19.3 Å². The molecule has 3 rings (SSSR count). The molecule has 35 heavy (non-hydrogen) atoms. The van der Waals surface area contributed by atoms with Crippen LogP contribution in [0.1, 0.15) is 70.6 Å². The molecule has 3 fully saturated rings. The number of nitrogens with zero attached hydrogens (tertiary/aromatic N) is 1. The van der Waals surface area contributed by atoms with E-state index in [2.05, 4.69) is 15.5 Å². The molecule has 14 heteroatoms. The molecule has 0 spiro atoms. The predicted octanol–water partition coefficient (Wildman–Crippen LogP) is 1.10. The number of imide groups is 1. The monoisotopic (exact) mass is 533 g/mol. The van der Waals surface area contributed by atoms with Crippen molar-refractivity contribution in [1.29, 1.82) is 0 Å². The number of hydrogen-bond acceptors (Lipinski definition) is 9. The Kier molecular flexibility index (Phi) is 9.53. The first-order valence-electron chi connectivity index (χ1n) is 11.8. The zero-order chi connectivity index (χ0) is 25.6. The van der Waals surface area contributed by atoms with Crippen LogP contribution in [0.15, 0.2) is 0 Å². The molecule has 0 aromatic rings. The number of unbranched alkanes of at least 4 members (excludes halogenated alkanes) is 4. The number of rotatable bonds is 14. The van der Waals surface area contributed by atoms with E-state index in [1.54, 1.807) is 0 Å². The molecular formula is C21H31N3O9S2. The van der Waals surface area contributed by atoms with Crippen molar-refractivity contribution in [3.63, 3.8) is 0 Å². The Hall–Kier alpha value is -2.19. The fourth-order valence-electron chi connectivity index (χ4n) is 4.44. The first-order chi connectivity index (χ1) is 16.6. The Balaban J connectivity index is 1.19. The molecule has 0 aromatic carbocycles. The molecule has 4 unspecified atom stereocenters. The molecular weight excluding hydrogens is 502 g/mol. The first kappa shape index (κ1) is 27.4. The number of fused-ring (bicyclic) bond motifs is 1. The van der Waals surface area contributed by atoms with Crippen molar-refractivity contribution >= 4 is 51.5 Å². The lowest BCUT2D eigenvalue weighted by molar-refractivity contribution is -0.197. The molecule has 0 aliphatic carbocycles. The smallest absolute Gasteiger partial charge is 0.332 e. The topological polar surface area (TPSA) is 176 Å². The van der Waals surface area contributed by atoms with Crippen molar-refractivity contribution in [3.8, 4) is 0 Å². The lowest BCUT2D eigenvalue weighted by atomic mass is 10.0. The zero-order valence-electron chi connectivity index (χ0n) is 19.3. The Morgan fingerprint density at radius 3 is 2.31 bits per heavy atom. The Morgan fingerprint density at radius 2 is 1.66 bits per heavy atom. The second-order valence-electron chi connectivity index (χ2n) is 9.02. The summed E-state index contributed by atoms with van der Waals surface area (Å²) in [5.74, 6) is -2.00. The Bertz CT molecular complexity index is 956. The van der Waals surface area contributed by atoms with Gasteiger partial charge in [0, 0.05) is 30.3 Å². The van der Waals surface area contributed by atoms with Gasteiger partial charge in [0.15, 0.2) is 5.25 Å². The SMILES string of the molecule is O=C(CCCCCCC(=O)ON1C(=O)CC(S(=O)(=O)O)C1=O)CCCCC1SCC2NC(=O)NC21. The van der Waals surface area contributed by atoms with Gasteiger partial charge in [-0.3, -0.25) is 18.9 Å². The maximum Gasteiger partial charge on any atom is 0.333 e. The molecule has 196 valence electrons. The van der Waals surface area contributed by atoms with Crippen LogP contribution in [0, 0.1) is 0 Å². The van der Waals surface area contributed by atoms with Gasteiger partial charge in [-0.25, -0.2) is 9.59 Å². The normalized spacial score (nSPS) is 26.0. The second-order valence-corrected chi connectivity index (χ2v) is 11.9. The molecule has 4 atom stereocenters. The summed E-state index contributed by atoms with van der Waals surface area (Å²) >= 11 is 1.86. The molecule has 3 N–H and O–H groups in total. The third-order valence-electron chi connectivity index (χ3n) is 6.33. The van der Waals surface area contributed by atoms with Gasteiger partial charge < -0.3 is 15.5 Å². The second kappa shape index (κ2) is 12.2. The summed E-state index contributed by atoms with van der Waals surface area (Å²) in [7, 11) is -4.75. The molecule has 12 nitrogen and oxygen atoms in total. The summed E-state index contributed by atoms with van der Waals surface area (Å²) in [5, 5.41) is 4.44. The number of amides is 4. The quantitative estimate of drug-likeness (QED) is 0.127. The highest BCUT2D eigenvalue weighted by Crippen LogP contribution is 2.33. The van der Waals surface area contributed by atoms with Gasteiger partial charge in [-0.15, -0.1) is 5.06 Å². The van der Waals surface area contributed by atoms with Crippen molar-refractivity contribution < 1.29 is 41.8 Å². The number of Topliss-reactive ketones (excluding diaryl/α,β-unsaturated/α-hetero) is 1. The highest BCUT2D eigenvalue weighted by molar-refractivity contribution is 8.00. The maximum absolute atomic E-state index is 12.1. The molecule has 0 radical (unpaired) electrons. The number of urea groups is 1. The zero-order valence-corrected chi connectivity index (χ0v) is 20.9. The van der Waals surface area contributed by atoms with Crippen molar-refractivity contribution in [2.75, 3.05) is 5.75 Å². The van der Waals surface area contributed by atoms with E-state index in [0.717, 1.165) is 31.4 Å². The van der Waals surface area contributed by atoms with Crippen LogP contribution in [0.25, 0.3) is 0 Å². The van der Waals surface area contributed by atoms with Crippen LogP contribution in [0.4, 0.5) is 4.79 Å². The van der Waals surface area contributed by atoms with E-state index in [4.69, 9.17) is 4.55 Å². The maximum atomic E-state index is 12.1. The van der Waals surface area contributed by atoms with E-state index in [-0.39, 0.29) is 35.4 Å². The van der Waals surface area contributed by atoms with Crippen LogP contribution in [0.5, 0.6) is 0 Å². The molecule has 3 saturated heterocycles. The summed E-state index contributed by atoms with van der Waals surface area (Å²) in [4.78, 5) is 63.5. The summed E-state index contributed by atoms with van der Waals surface area (Å²) in [5.41, 5.74) is 0. The summed E-state index contributed by atoms with van der Waals surface area (Å²) in [6.07, 6.45) is 5.43. The van der Waals surface area contributed by atoms with Crippen molar-refractivity contribution in [2.24, 2.45) is 0 Å². The van der Waals surface area contributed by atoms with Gasteiger partial charge in [-0.05, 0) is 25.7 Å². The summed E-state index contributed by atoms with van der Waals surface area (Å²) in [6.45, 7) is 0. The predicted molar refractivity (Wildman–Crippen MR) is 125 cm³/mol. The minimum atomic E-state index is -4.75. The van der Waals surface area contributed by atoms with Crippen molar-refractivity contribution in [2.45, 2.75) is 93.2 Å². The van der Waals surface area contributed by atoms with Gasteiger partial charge in [0.25, 0.3) is 21.9 Å². The highest BCUT2D eigenvalue weighted by atomic mass is 32.2. The van der Waals surface area contributed by atoms with E-state index in [1.165, 1.54) is 0 Å². The fourth-order valence-corrected chi connectivity index (χ4v) is 6.69. The first-order valence-corrected chi connectivity index (χ1v) is 14.4. The molecule has 3 aliphatic rings. The summed E-state index contributed by atoms with van der Waals surface area (Å²) < 4.78 is 31.1. The van der Waals surface area contributed by atoms with Crippen LogP contribution in [-0.4, -0.2) is 76.0 Å². The van der Waals surface area contributed by atoms with Gasteiger partial charge in [0.1, 0.15) is 5.78 Å². The third kappa shape index (κ3) is 7.64. The average molecular weight is 534 g/mol. The van der Waals surface area contributed by atoms with Gasteiger partial charge in [0.05, 0.1) is 18.5 Å². The third-order valence-corrected chi connectivity index (χ3v) is 8.93. The number of carbonyl (C=O) groups is 5. The van der Waals surface area contributed by atoms with E-state index < -0.39 is 39.6 Å². The summed E-state index contributed by atoms with van der Waals surface area (Å²) in [6, 6.07) is 0.303. The molecule has 0 saturated carbocycles. The van der Waals surface area contributed by atoms with Gasteiger partial charge in [0.2, 0.25) is 0 Å². The average Bonchev–Trinajstić information content (AvgIpc) is 3.41. The minimum Gasteiger partial charge on any atom is -0.332 e. The van der Waals surface area contributed by atoms with Crippen molar-refractivity contribution in [3.05, 3.63) is 0 Å². The molecule has 0 bridgehead atoms. The van der Waals surface area contributed by atoms with Crippen LogP contribution in [-0.2, 0) is 34.1 Å². The van der Waals surface area contributed by atoms with E-state index >= 15 is 0 Å². The van der Waals surface area contributed by atoms with E-state index in [1.807, 2.05) is 11.8 Å². The van der Waals surface area contributed by atoms with Crippen molar-refractivity contribution in [1.82, 2.24) is 15.7 Å². The van der Waals surface area contributed by atoms with E-state index in [9.17, 15) is 32.4 Å². The number of thioether (sulfide) groups is 1. The number of hydroxylamine groups is 2. The van der Waals surface area contributed by atoms with Crippen LogP contribution in [0.3, 0.4) is 0 Å². The number of carbonyl (C=O) groups excluding carboxylic acids is 5. The van der Waals surface area contributed by atoms with Crippen LogP contribution in [0.2, 0.25) is 0 Å². The molecule has 0 aromatic heterocycles. The van der Waals surface area contributed by atoms with E-state index in [0.29, 0.717) is 37.4 Å². The molecule has 4 amide bonds. The molecule has 3 heterocycles. The van der Waals surface area contributed by atoms with Gasteiger partial charge >= 0.3 is 12.0 Å². The number of ketones is 1. The largest absolute Gasteiger partial charge is 0.333 e. The minimum absolute atomic E-state index is 0.0709. The Labute approximate surface area is 208 Å². The molecule has 3 aliphatic heterocycles. The number of nitrogens with one attached hydrogen (secondary N) is 2. The lowest BCUT2D eigenvalue weighted by Crippen LogP contribution is -2.36. The lowest BCUT2D eigenvalue weighted by Gasteiger charge is -2.16.